The van der Waals surface area contributed by atoms with Crippen molar-refractivity contribution in [3.05, 3.63) is 35.9 Å². The molecule has 0 radical (unpaired) electrons. The lowest BCUT2D eigenvalue weighted by atomic mass is 10.1. The zero-order valence-corrected chi connectivity index (χ0v) is 15.1. The van der Waals surface area contributed by atoms with Crippen molar-refractivity contribution in [1.29, 1.82) is 0 Å². The summed E-state index contributed by atoms with van der Waals surface area (Å²) in [7, 11) is 1.01. The molecule has 0 aromatic heterocycles. The highest BCUT2D eigenvalue weighted by molar-refractivity contribution is 6.74. The fourth-order valence-electron chi connectivity index (χ4n) is 1.62. The van der Waals surface area contributed by atoms with E-state index in [1.54, 1.807) is 7.05 Å². The van der Waals surface area contributed by atoms with Crippen LogP contribution in [0.5, 0.6) is 0 Å². The molecule has 118 valence electrons. The second-order valence-electron chi connectivity index (χ2n) is 6.69. The number of hydroxylamine groups is 2. The fourth-order valence-corrected chi connectivity index (χ4v) is 2.80. The predicted molar refractivity (Wildman–Crippen MR) is 87.2 cm³/mol. The van der Waals surface area contributed by atoms with Gasteiger partial charge in [-0.1, -0.05) is 51.1 Å². The molecular weight excluding hydrogens is 282 g/mol. The Bertz CT molecular complexity index is 468. The molecule has 0 fully saturated rings. The van der Waals surface area contributed by atoms with Crippen LogP contribution in [-0.4, -0.2) is 33.4 Å². The van der Waals surface area contributed by atoms with E-state index in [0.717, 1.165) is 5.56 Å². The predicted octanol–water partition coefficient (Wildman–Crippen LogP) is 3.77. The van der Waals surface area contributed by atoms with Gasteiger partial charge in [0.2, 0.25) is 0 Å². The second-order valence-corrected chi connectivity index (χ2v) is 11.4. The van der Waals surface area contributed by atoms with Crippen molar-refractivity contribution in [2.45, 2.75) is 45.0 Å². The summed E-state index contributed by atoms with van der Waals surface area (Å²) in [6, 6.07) is 9.59. The number of hydrogen-bond donors (Lipinski definition) is 0. The largest absolute Gasteiger partial charge is 0.401 e. The van der Waals surface area contributed by atoms with Gasteiger partial charge < -0.3 is 4.43 Å². The number of rotatable bonds is 5. The molecule has 0 saturated heterocycles. The zero-order chi connectivity index (χ0) is 16.3. The first-order chi connectivity index (χ1) is 9.60. The van der Waals surface area contributed by atoms with Crippen molar-refractivity contribution in [2.75, 3.05) is 14.2 Å². The summed E-state index contributed by atoms with van der Waals surface area (Å²) in [5, 5.41) is 1.26. The molecule has 1 unspecified atom stereocenters. The molecule has 1 rings (SSSR count). The van der Waals surface area contributed by atoms with E-state index in [1.165, 1.54) is 12.2 Å². The van der Waals surface area contributed by atoms with Crippen molar-refractivity contribution in [3.8, 4) is 0 Å². The van der Waals surface area contributed by atoms with Gasteiger partial charge in [-0.05, 0) is 23.7 Å². The van der Waals surface area contributed by atoms with E-state index in [4.69, 9.17) is 9.26 Å². The fraction of sp³-hybridized carbons (Fsp3) is 0.562. The first-order valence-electron chi connectivity index (χ1n) is 7.14. The Morgan fingerprint density at radius 2 is 1.71 bits per heavy atom. The standard InChI is InChI=1S/C16H27NO3Si/c1-16(2,3)21(6,7)20-14(15(18)17(4)19-5)13-11-9-8-10-12-13/h8-12,14H,1-7H3. The second kappa shape index (κ2) is 6.73. The average molecular weight is 309 g/mol. The molecule has 0 saturated carbocycles. The number of nitrogens with zero attached hydrogens (tertiary/aromatic N) is 1. The van der Waals surface area contributed by atoms with Gasteiger partial charge in [0.25, 0.3) is 5.91 Å². The molecule has 1 atom stereocenters. The van der Waals surface area contributed by atoms with Crippen molar-refractivity contribution in [2.24, 2.45) is 0 Å². The van der Waals surface area contributed by atoms with Gasteiger partial charge in [0.05, 0.1) is 7.11 Å². The minimum absolute atomic E-state index is 0.0337. The van der Waals surface area contributed by atoms with E-state index in [-0.39, 0.29) is 10.9 Å². The van der Waals surface area contributed by atoms with Gasteiger partial charge >= 0.3 is 0 Å². The van der Waals surface area contributed by atoms with E-state index >= 15 is 0 Å². The molecule has 0 heterocycles. The monoisotopic (exact) mass is 309 g/mol. The molecule has 21 heavy (non-hydrogen) atoms. The SMILES string of the molecule is CON(C)C(=O)C(O[Si](C)(C)C(C)(C)C)c1ccccc1. The summed E-state index contributed by atoms with van der Waals surface area (Å²) in [6.07, 6.45) is -0.628. The summed E-state index contributed by atoms with van der Waals surface area (Å²) in [5.74, 6) is -0.187. The van der Waals surface area contributed by atoms with Gasteiger partial charge in [0.15, 0.2) is 14.4 Å². The Kier molecular flexibility index (Phi) is 5.73. The molecule has 5 heteroatoms. The Balaban J connectivity index is 3.13. The van der Waals surface area contributed by atoms with E-state index in [1.807, 2.05) is 30.3 Å². The lowest BCUT2D eigenvalue weighted by molar-refractivity contribution is -0.177. The van der Waals surface area contributed by atoms with E-state index in [9.17, 15) is 4.79 Å². The average Bonchev–Trinajstić information content (AvgIpc) is 2.43. The third-order valence-corrected chi connectivity index (χ3v) is 8.57. The molecule has 0 aliphatic rings. The summed E-state index contributed by atoms with van der Waals surface area (Å²) in [6.45, 7) is 10.8. The van der Waals surface area contributed by atoms with Crippen LogP contribution in [0.1, 0.15) is 32.4 Å². The molecule has 1 amide bonds. The highest BCUT2D eigenvalue weighted by atomic mass is 28.4. The Morgan fingerprint density at radius 3 is 2.14 bits per heavy atom. The third-order valence-electron chi connectivity index (χ3n) is 4.13. The van der Waals surface area contributed by atoms with Crippen LogP contribution in [0.3, 0.4) is 0 Å². The lowest BCUT2D eigenvalue weighted by Crippen LogP contribution is -2.45. The highest BCUT2D eigenvalue weighted by Crippen LogP contribution is 2.40. The van der Waals surface area contributed by atoms with Gasteiger partial charge in [-0.2, -0.15) is 0 Å². The van der Waals surface area contributed by atoms with Crippen LogP contribution in [0.15, 0.2) is 30.3 Å². The molecule has 1 aromatic carbocycles. The Hall–Kier alpha value is -1.17. The number of benzene rings is 1. The smallest absolute Gasteiger partial charge is 0.278 e. The van der Waals surface area contributed by atoms with E-state index < -0.39 is 14.4 Å². The molecule has 0 N–H and O–H groups in total. The highest BCUT2D eigenvalue weighted by Gasteiger charge is 2.41. The van der Waals surface area contributed by atoms with Gasteiger partial charge in [0, 0.05) is 7.05 Å². The van der Waals surface area contributed by atoms with Gasteiger partial charge in [-0.15, -0.1) is 0 Å². The van der Waals surface area contributed by atoms with Crippen LogP contribution in [0.25, 0.3) is 0 Å². The maximum atomic E-state index is 12.6. The Morgan fingerprint density at radius 1 is 1.19 bits per heavy atom. The summed E-state index contributed by atoms with van der Waals surface area (Å²) >= 11 is 0. The maximum absolute atomic E-state index is 12.6. The normalized spacial score (nSPS) is 13.9. The van der Waals surface area contributed by atoms with Crippen LogP contribution in [0.4, 0.5) is 0 Å². The van der Waals surface area contributed by atoms with Crippen LogP contribution in [0.2, 0.25) is 18.1 Å². The lowest BCUT2D eigenvalue weighted by Gasteiger charge is -2.39. The molecule has 0 aliphatic heterocycles. The quantitative estimate of drug-likeness (QED) is 0.614. The Labute approximate surface area is 129 Å². The molecule has 4 nitrogen and oxygen atoms in total. The van der Waals surface area contributed by atoms with Gasteiger partial charge in [-0.3, -0.25) is 9.63 Å². The van der Waals surface area contributed by atoms with Gasteiger partial charge in [-0.25, -0.2) is 5.06 Å². The van der Waals surface area contributed by atoms with Crippen molar-refractivity contribution in [3.63, 3.8) is 0 Å². The summed E-state index contributed by atoms with van der Waals surface area (Å²) in [4.78, 5) is 17.6. The van der Waals surface area contributed by atoms with E-state index in [0.29, 0.717) is 0 Å². The number of likely N-dealkylation sites (N-methyl/N-ethyl adjacent to an activating group) is 1. The summed E-state index contributed by atoms with van der Waals surface area (Å²) in [5.41, 5.74) is 0.858. The molecule has 0 bridgehead atoms. The molecule has 0 aliphatic carbocycles. The summed E-state index contributed by atoms with van der Waals surface area (Å²) < 4.78 is 6.34. The molecule has 1 aromatic rings. The van der Waals surface area contributed by atoms with Crippen molar-refractivity contribution >= 4 is 14.2 Å². The van der Waals surface area contributed by atoms with Crippen molar-refractivity contribution in [1.82, 2.24) is 5.06 Å². The number of hydrogen-bond acceptors (Lipinski definition) is 3. The number of amides is 1. The van der Waals surface area contributed by atoms with Gasteiger partial charge in [0.1, 0.15) is 0 Å². The maximum Gasteiger partial charge on any atom is 0.278 e. The molecule has 0 spiro atoms. The third kappa shape index (κ3) is 4.39. The van der Waals surface area contributed by atoms with E-state index in [2.05, 4.69) is 33.9 Å². The van der Waals surface area contributed by atoms with Crippen molar-refractivity contribution < 1.29 is 14.1 Å². The first kappa shape index (κ1) is 17.9. The minimum Gasteiger partial charge on any atom is -0.401 e. The topological polar surface area (TPSA) is 38.8 Å². The van der Waals surface area contributed by atoms with Crippen LogP contribution < -0.4 is 0 Å². The first-order valence-corrected chi connectivity index (χ1v) is 10.1. The molecular formula is C16H27NO3Si. The van der Waals surface area contributed by atoms with Crippen LogP contribution in [0, 0.1) is 0 Å². The zero-order valence-electron chi connectivity index (χ0n) is 14.1. The number of carbonyl (C=O) groups is 1. The van der Waals surface area contributed by atoms with Crippen LogP contribution >= 0.6 is 0 Å². The number of carbonyl (C=O) groups excluding carboxylic acids is 1. The minimum atomic E-state index is -2.08. The van der Waals surface area contributed by atoms with Crippen LogP contribution in [-0.2, 0) is 14.1 Å².